The number of carbonyl (C=O) groups is 1. The molecule has 34 heavy (non-hydrogen) atoms. The molecular weight excluding hydrogens is 540 g/mol. The molecule has 1 amide bonds. The maximum atomic E-state index is 12.8. The van der Waals surface area contributed by atoms with Crippen molar-refractivity contribution in [3.8, 4) is 5.75 Å². The fourth-order valence-electron chi connectivity index (χ4n) is 2.53. The van der Waals surface area contributed by atoms with Gasteiger partial charge in [0.15, 0.2) is 5.75 Å². The Morgan fingerprint density at radius 2 is 1.50 bits per heavy atom. The van der Waals surface area contributed by atoms with Gasteiger partial charge in [0.2, 0.25) is 9.84 Å². The molecule has 7 nitrogen and oxygen atoms in total. The largest absolute Gasteiger partial charge is 0.534 e. The Bertz CT molecular complexity index is 1280. The van der Waals surface area contributed by atoms with Gasteiger partial charge in [0.05, 0.1) is 14.8 Å². The molecule has 2 aromatic rings. The number of amides is 1. The van der Waals surface area contributed by atoms with Crippen molar-refractivity contribution >= 4 is 37.5 Å². The first kappa shape index (κ1) is 27.7. The van der Waals surface area contributed by atoms with E-state index in [0.29, 0.717) is 17.7 Å². The zero-order chi connectivity index (χ0) is 26.1. The van der Waals surface area contributed by atoms with Gasteiger partial charge in [-0.3, -0.25) is 4.79 Å². The predicted molar refractivity (Wildman–Crippen MR) is 106 cm³/mol. The van der Waals surface area contributed by atoms with Gasteiger partial charge in [-0.25, -0.2) is 8.42 Å². The third-order valence-corrected chi connectivity index (χ3v) is 7.14. The summed E-state index contributed by atoms with van der Waals surface area (Å²) in [6.45, 7) is 1.32. The minimum atomic E-state index is -6.03. The van der Waals surface area contributed by atoms with Crippen LogP contribution in [0.15, 0.2) is 52.3 Å². The van der Waals surface area contributed by atoms with Gasteiger partial charge in [0.25, 0.3) is 0 Å². The Balaban J connectivity index is 2.20. The Morgan fingerprint density at radius 1 is 0.971 bits per heavy atom. The van der Waals surface area contributed by atoms with Crippen LogP contribution >= 0.6 is 11.6 Å². The lowest BCUT2D eigenvalue weighted by Crippen LogP contribution is -2.42. The second-order valence-corrected chi connectivity index (χ2v) is 10.7. The van der Waals surface area contributed by atoms with Crippen molar-refractivity contribution in [2.45, 2.75) is 40.9 Å². The maximum Gasteiger partial charge on any atom is 0.534 e. The van der Waals surface area contributed by atoms with Crippen LogP contribution in [0.3, 0.4) is 0 Å². The highest BCUT2D eigenvalue weighted by atomic mass is 35.5. The first-order valence-corrected chi connectivity index (χ1v) is 12.1. The van der Waals surface area contributed by atoms with Gasteiger partial charge in [-0.2, -0.15) is 34.8 Å². The minimum absolute atomic E-state index is 0.0479. The standard InChI is InChI=1S/C18H14ClF6NO6S2/c1-10(26-16(27)17(20,21)22)8-11-2-4-12(5-3-11)33(28,29)13-6-7-15(14(19)9-13)32-34(30,31)18(23,24)25/h2-7,9-10H,8H2,1H3,(H,26,27). The van der Waals surface area contributed by atoms with Crippen LogP contribution in [0.2, 0.25) is 5.02 Å². The van der Waals surface area contributed by atoms with Gasteiger partial charge in [-0.05, 0) is 49.2 Å². The van der Waals surface area contributed by atoms with Crippen LogP contribution < -0.4 is 9.50 Å². The summed E-state index contributed by atoms with van der Waals surface area (Å²) in [6.07, 6.45) is -5.10. The van der Waals surface area contributed by atoms with Crippen molar-refractivity contribution < 1.29 is 52.2 Å². The molecule has 2 rings (SSSR count). The van der Waals surface area contributed by atoms with Crippen molar-refractivity contribution in [3.05, 3.63) is 53.1 Å². The number of sulfone groups is 1. The first-order chi connectivity index (χ1) is 15.3. The number of rotatable bonds is 7. The van der Waals surface area contributed by atoms with Crippen molar-refractivity contribution in [2.75, 3.05) is 0 Å². The van der Waals surface area contributed by atoms with E-state index < -0.39 is 59.3 Å². The van der Waals surface area contributed by atoms with Crippen LogP contribution in [-0.4, -0.2) is 40.5 Å². The van der Waals surface area contributed by atoms with Crippen molar-refractivity contribution in [1.82, 2.24) is 5.32 Å². The second kappa shape index (κ2) is 9.62. The van der Waals surface area contributed by atoms with Crippen LogP contribution in [0.1, 0.15) is 12.5 Å². The molecule has 0 saturated carbocycles. The van der Waals surface area contributed by atoms with Crippen LogP contribution in [-0.2, 0) is 31.2 Å². The third-order valence-electron chi connectivity index (χ3n) is 4.11. The van der Waals surface area contributed by atoms with Gasteiger partial charge in [-0.1, -0.05) is 23.7 Å². The molecule has 0 bridgehead atoms. The SMILES string of the molecule is CC(Cc1ccc(S(=O)(=O)c2ccc(OS(=O)(=O)C(F)(F)F)c(Cl)c2)cc1)NC(=O)C(F)(F)F. The van der Waals surface area contributed by atoms with Crippen molar-refractivity contribution in [1.29, 1.82) is 0 Å². The van der Waals surface area contributed by atoms with E-state index in [4.69, 9.17) is 11.6 Å². The maximum absolute atomic E-state index is 12.8. The number of alkyl halides is 6. The van der Waals surface area contributed by atoms with Gasteiger partial charge in [-0.15, -0.1) is 0 Å². The van der Waals surface area contributed by atoms with Crippen LogP contribution in [0.5, 0.6) is 5.75 Å². The molecule has 1 unspecified atom stereocenters. The van der Waals surface area contributed by atoms with Gasteiger partial charge in [0.1, 0.15) is 0 Å². The van der Waals surface area contributed by atoms with Crippen LogP contribution in [0.4, 0.5) is 26.3 Å². The molecule has 0 heterocycles. The van der Waals surface area contributed by atoms with Crippen molar-refractivity contribution in [3.63, 3.8) is 0 Å². The lowest BCUT2D eigenvalue weighted by Gasteiger charge is -2.15. The molecule has 16 heteroatoms. The summed E-state index contributed by atoms with van der Waals surface area (Å²) in [7, 11) is -10.3. The fraction of sp³-hybridized carbons (Fsp3) is 0.278. The van der Waals surface area contributed by atoms with Crippen LogP contribution in [0, 0.1) is 0 Å². The second-order valence-electron chi connectivity index (χ2n) is 6.80. The summed E-state index contributed by atoms with van der Waals surface area (Å²) >= 11 is 5.70. The Hall–Kier alpha value is -2.52. The van der Waals surface area contributed by atoms with E-state index in [-0.39, 0.29) is 11.3 Å². The number of benzene rings is 2. The summed E-state index contributed by atoms with van der Waals surface area (Å²) in [5.41, 5.74) is -5.33. The van der Waals surface area contributed by atoms with E-state index >= 15 is 0 Å². The molecule has 1 N–H and O–H groups in total. The van der Waals surface area contributed by atoms with Gasteiger partial charge < -0.3 is 9.50 Å². The fourth-order valence-corrected chi connectivity index (χ4v) is 4.63. The monoisotopic (exact) mass is 553 g/mol. The molecule has 0 aliphatic carbocycles. The van der Waals surface area contributed by atoms with E-state index in [1.807, 2.05) is 0 Å². The molecule has 0 fully saturated rings. The molecule has 0 radical (unpaired) electrons. The molecule has 1 atom stereocenters. The van der Waals surface area contributed by atoms with E-state index in [1.54, 1.807) is 5.32 Å². The summed E-state index contributed by atoms with van der Waals surface area (Å²) < 4.78 is 126. The summed E-state index contributed by atoms with van der Waals surface area (Å²) in [4.78, 5) is 10.2. The van der Waals surface area contributed by atoms with E-state index in [0.717, 1.165) is 18.2 Å². The molecule has 0 aliphatic rings. The molecule has 188 valence electrons. The number of halogens is 7. The van der Waals surface area contributed by atoms with Gasteiger partial charge in [0, 0.05) is 6.04 Å². The smallest absolute Gasteiger partial charge is 0.374 e. The molecular formula is C18H14ClF6NO6S2. The number of hydrogen-bond acceptors (Lipinski definition) is 6. The molecule has 0 spiro atoms. The van der Waals surface area contributed by atoms with Crippen molar-refractivity contribution in [2.24, 2.45) is 0 Å². The molecule has 0 aliphatic heterocycles. The van der Waals surface area contributed by atoms with Crippen LogP contribution in [0.25, 0.3) is 0 Å². The molecule has 0 aromatic heterocycles. The summed E-state index contributed by atoms with van der Waals surface area (Å²) in [5.74, 6) is -3.06. The van der Waals surface area contributed by atoms with E-state index in [2.05, 4.69) is 4.18 Å². The highest BCUT2D eigenvalue weighted by Gasteiger charge is 2.48. The average Bonchev–Trinajstić information content (AvgIpc) is 2.68. The highest BCUT2D eigenvalue weighted by Crippen LogP contribution is 2.34. The summed E-state index contributed by atoms with van der Waals surface area (Å²) in [6, 6.07) is 6.01. The Labute approximate surface area is 194 Å². The highest BCUT2D eigenvalue weighted by molar-refractivity contribution is 7.91. The lowest BCUT2D eigenvalue weighted by atomic mass is 10.1. The van der Waals surface area contributed by atoms with E-state index in [9.17, 15) is 48.0 Å². The Morgan fingerprint density at radius 3 is 1.97 bits per heavy atom. The third kappa shape index (κ3) is 6.54. The molecule has 2 aromatic carbocycles. The zero-order valence-corrected chi connectivity index (χ0v) is 19.1. The predicted octanol–water partition coefficient (Wildman–Crippen LogP) is 4.01. The van der Waals surface area contributed by atoms with E-state index in [1.165, 1.54) is 19.1 Å². The minimum Gasteiger partial charge on any atom is -0.374 e. The first-order valence-electron chi connectivity index (χ1n) is 8.86. The topological polar surface area (TPSA) is 107 Å². The normalized spacial score (nSPS) is 13.9. The number of carbonyl (C=O) groups excluding carboxylic acids is 1. The quantitative estimate of drug-likeness (QED) is 0.315. The zero-order valence-electron chi connectivity index (χ0n) is 16.7. The summed E-state index contributed by atoms with van der Waals surface area (Å²) in [5, 5.41) is 1.03. The lowest BCUT2D eigenvalue weighted by molar-refractivity contribution is -0.174. The molecule has 0 saturated heterocycles. The number of nitrogens with one attached hydrogen (secondary N) is 1. The Kier molecular flexibility index (Phi) is 7.84. The average molecular weight is 554 g/mol. The van der Waals surface area contributed by atoms with Gasteiger partial charge >= 0.3 is 27.7 Å². The number of hydrogen-bond donors (Lipinski definition) is 1.